The molecular formula is C25H28N4O2. The smallest absolute Gasteiger partial charge is 0.189 e. The van der Waals surface area contributed by atoms with Crippen molar-refractivity contribution in [1.29, 1.82) is 21.2 Å². The molecule has 0 spiro atoms. The zero-order valence-electron chi connectivity index (χ0n) is 18.7. The lowest BCUT2D eigenvalue weighted by molar-refractivity contribution is 0.167. The third kappa shape index (κ3) is 3.45. The highest BCUT2D eigenvalue weighted by molar-refractivity contribution is 6.01. The minimum atomic E-state index is -1.76. The van der Waals surface area contributed by atoms with Gasteiger partial charge in [-0.1, -0.05) is 26.8 Å². The van der Waals surface area contributed by atoms with Crippen molar-refractivity contribution in [3.8, 4) is 29.7 Å². The van der Waals surface area contributed by atoms with Gasteiger partial charge in [0.25, 0.3) is 0 Å². The Bertz CT molecular complexity index is 1030. The summed E-state index contributed by atoms with van der Waals surface area (Å²) in [6, 6.07) is 11.8. The number of allylic oxidation sites excluding steroid dienone is 2. The van der Waals surface area contributed by atoms with Gasteiger partial charge in [-0.25, -0.2) is 0 Å². The Labute approximate surface area is 184 Å². The first kappa shape index (κ1) is 22.4. The first-order valence-corrected chi connectivity index (χ1v) is 10.4. The van der Waals surface area contributed by atoms with Gasteiger partial charge >= 0.3 is 0 Å². The van der Waals surface area contributed by atoms with Gasteiger partial charge in [-0.2, -0.15) is 15.8 Å². The number of fused-ring (bicyclic) bond motifs is 1. The van der Waals surface area contributed by atoms with Crippen LogP contribution in [0.15, 0.2) is 29.8 Å². The Morgan fingerprint density at radius 3 is 2.29 bits per heavy atom. The Balaban J connectivity index is 2.33. The Morgan fingerprint density at radius 1 is 1.10 bits per heavy atom. The summed E-state index contributed by atoms with van der Waals surface area (Å²) in [6.45, 7) is 6.56. The maximum atomic E-state index is 10.2. The zero-order valence-corrected chi connectivity index (χ0v) is 18.7. The minimum Gasteiger partial charge on any atom is -0.497 e. The molecule has 1 fully saturated rings. The molecule has 6 nitrogen and oxygen atoms in total. The molecule has 0 bridgehead atoms. The Hall–Kier alpha value is -3.30. The van der Waals surface area contributed by atoms with Crippen LogP contribution in [-0.4, -0.2) is 19.9 Å². The van der Waals surface area contributed by atoms with E-state index in [1.165, 1.54) is 0 Å². The van der Waals surface area contributed by atoms with Crippen LogP contribution in [0.25, 0.3) is 0 Å². The molecule has 4 atom stereocenters. The number of rotatable bonds is 3. The predicted octanol–water partition coefficient (Wildman–Crippen LogP) is 4.99. The van der Waals surface area contributed by atoms with Crippen LogP contribution in [0.1, 0.15) is 45.1 Å². The van der Waals surface area contributed by atoms with E-state index in [0.717, 1.165) is 18.4 Å². The average Bonchev–Trinajstić information content (AvgIpc) is 2.77. The third-order valence-electron chi connectivity index (χ3n) is 7.00. The highest BCUT2D eigenvalue weighted by Crippen LogP contribution is 2.58. The van der Waals surface area contributed by atoms with E-state index in [1.54, 1.807) is 32.4 Å². The molecular weight excluding hydrogens is 388 g/mol. The summed E-state index contributed by atoms with van der Waals surface area (Å²) in [5.74, 6) is -0.275. The fourth-order valence-corrected chi connectivity index (χ4v) is 5.16. The van der Waals surface area contributed by atoms with Crippen LogP contribution in [-0.2, 0) is 0 Å². The molecule has 1 unspecified atom stereocenters. The second-order valence-corrected chi connectivity index (χ2v) is 9.44. The minimum absolute atomic E-state index is 0.0279. The third-order valence-corrected chi connectivity index (χ3v) is 7.00. The van der Waals surface area contributed by atoms with Crippen molar-refractivity contribution in [3.63, 3.8) is 0 Å². The average molecular weight is 417 g/mol. The summed E-state index contributed by atoms with van der Waals surface area (Å²) >= 11 is 0. The number of methoxy groups -OCH3 is 2. The van der Waals surface area contributed by atoms with Crippen molar-refractivity contribution < 1.29 is 9.47 Å². The maximum absolute atomic E-state index is 10.2. The molecule has 0 radical (unpaired) electrons. The monoisotopic (exact) mass is 416 g/mol. The first-order valence-electron chi connectivity index (χ1n) is 10.4. The molecule has 31 heavy (non-hydrogen) atoms. The van der Waals surface area contributed by atoms with Gasteiger partial charge in [-0.15, -0.1) is 0 Å². The largest absolute Gasteiger partial charge is 0.497 e. The lowest BCUT2D eigenvalue weighted by Gasteiger charge is -2.49. The van der Waals surface area contributed by atoms with Crippen molar-refractivity contribution >= 4 is 5.71 Å². The molecule has 0 amide bonds. The van der Waals surface area contributed by atoms with Crippen LogP contribution in [0, 0.1) is 68.0 Å². The number of hydrogen-bond donors (Lipinski definition) is 1. The lowest BCUT2D eigenvalue weighted by atomic mass is 9.51. The van der Waals surface area contributed by atoms with Gasteiger partial charge in [-0.3, -0.25) is 0 Å². The second kappa shape index (κ2) is 8.09. The van der Waals surface area contributed by atoms with Crippen LogP contribution in [0.3, 0.4) is 0 Å². The van der Waals surface area contributed by atoms with Crippen molar-refractivity contribution in [2.24, 2.45) is 28.6 Å². The molecule has 2 aliphatic rings. The second-order valence-electron chi connectivity index (χ2n) is 9.44. The number of nitriles is 3. The van der Waals surface area contributed by atoms with Crippen molar-refractivity contribution in [2.75, 3.05) is 14.2 Å². The highest BCUT2D eigenvalue weighted by atomic mass is 16.5. The van der Waals surface area contributed by atoms with Crippen LogP contribution in [0.5, 0.6) is 11.5 Å². The van der Waals surface area contributed by atoms with Gasteiger partial charge in [0.05, 0.1) is 38.1 Å². The molecule has 2 aliphatic carbocycles. The summed E-state index contributed by atoms with van der Waals surface area (Å²) in [6.07, 6.45) is 3.62. The molecule has 3 rings (SSSR count). The van der Waals surface area contributed by atoms with E-state index in [0.29, 0.717) is 23.0 Å². The van der Waals surface area contributed by atoms with Gasteiger partial charge in [0, 0.05) is 11.5 Å². The van der Waals surface area contributed by atoms with E-state index < -0.39 is 17.3 Å². The van der Waals surface area contributed by atoms with E-state index in [9.17, 15) is 15.8 Å². The van der Waals surface area contributed by atoms with E-state index >= 15 is 0 Å². The molecule has 1 N–H and O–H groups in total. The first-order chi connectivity index (χ1) is 14.7. The zero-order chi connectivity index (χ0) is 23.0. The van der Waals surface area contributed by atoms with Gasteiger partial charge < -0.3 is 14.9 Å². The van der Waals surface area contributed by atoms with Gasteiger partial charge in [0.15, 0.2) is 5.41 Å². The highest BCUT2D eigenvalue weighted by Gasteiger charge is 2.58. The summed E-state index contributed by atoms with van der Waals surface area (Å²) in [5.41, 5.74) is -0.367. The summed E-state index contributed by atoms with van der Waals surface area (Å²) < 4.78 is 11.0. The number of nitrogens with zero attached hydrogens (tertiary/aromatic N) is 3. The number of benzene rings is 1. The maximum Gasteiger partial charge on any atom is 0.189 e. The Morgan fingerprint density at radius 2 is 1.77 bits per heavy atom. The van der Waals surface area contributed by atoms with E-state index in [1.807, 2.05) is 0 Å². The van der Waals surface area contributed by atoms with Crippen LogP contribution >= 0.6 is 0 Å². The quantitative estimate of drug-likeness (QED) is 0.697. The molecule has 160 valence electrons. The Kier molecular flexibility index (Phi) is 5.84. The molecule has 1 aromatic rings. The van der Waals surface area contributed by atoms with Gasteiger partial charge in [0.1, 0.15) is 17.4 Å². The van der Waals surface area contributed by atoms with Gasteiger partial charge in [0.2, 0.25) is 0 Å². The SMILES string of the molecule is COc1ccc(OC)c([C@@H]2[C@H]3C[C@@H](C(C)(C)C)CC=C3C(C#N)C(=N)C2(C#N)C#N)c1. The van der Waals surface area contributed by atoms with Crippen molar-refractivity contribution in [2.45, 2.75) is 39.5 Å². The van der Waals surface area contributed by atoms with Crippen LogP contribution < -0.4 is 9.47 Å². The summed E-state index contributed by atoms with van der Waals surface area (Å²) in [5, 5.41) is 39.2. The fraction of sp³-hybridized carbons (Fsp3) is 0.520. The van der Waals surface area contributed by atoms with E-state index in [4.69, 9.17) is 14.9 Å². The molecule has 6 heteroatoms. The van der Waals surface area contributed by atoms with Crippen molar-refractivity contribution in [3.05, 3.63) is 35.4 Å². The number of nitrogens with one attached hydrogen (secondary N) is 1. The van der Waals surface area contributed by atoms with Gasteiger partial charge in [-0.05, 0) is 53.9 Å². The molecule has 0 saturated heterocycles. The topological polar surface area (TPSA) is 114 Å². The lowest BCUT2D eigenvalue weighted by Crippen LogP contribution is -2.50. The van der Waals surface area contributed by atoms with Crippen LogP contribution in [0.4, 0.5) is 0 Å². The van der Waals surface area contributed by atoms with E-state index in [2.05, 4.69) is 45.1 Å². The fourth-order valence-electron chi connectivity index (χ4n) is 5.16. The van der Waals surface area contributed by atoms with E-state index in [-0.39, 0.29) is 17.0 Å². The molecule has 1 aromatic carbocycles. The summed E-state index contributed by atoms with van der Waals surface area (Å²) in [4.78, 5) is 0. The molecule has 0 aliphatic heterocycles. The standard InChI is InChI=1S/C25H28N4O2/c1-24(2,3)15-6-8-17-18(10-15)22(19-11-16(30-4)7-9-21(19)31-5)25(13-27,14-28)23(29)20(17)12-26/h7-9,11,15,18,20,22,29H,6,10H2,1-5H3/t15-,18-,20?,22-/m0/s1. The number of hydrogen-bond acceptors (Lipinski definition) is 6. The predicted molar refractivity (Wildman–Crippen MR) is 117 cm³/mol. The van der Waals surface area contributed by atoms with Crippen molar-refractivity contribution in [1.82, 2.24) is 0 Å². The molecule has 0 aromatic heterocycles. The summed E-state index contributed by atoms with van der Waals surface area (Å²) in [7, 11) is 3.11. The number of ether oxygens (including phenoxy) is 2. The molecule has 1 saturated carbocycles. The van der Waals surface area contributed by atoms with Crippen LogP contribution in [0.2, 0.25) is 0 Å². The molecule has 0 heterocycles. The normalized spacial score (nSPS) is 27.0.